The normalized spacial score (nSPS) is 10.4. The standard InChI is InChI=1S/C9H9IN4S2/c1-4-2-5(10)3-6-7(4)12-9(16-6)14-13-8(11)15/h2-3H,1H3,(H,12,14)(H3,11,13,15). The summed E-state index contributed by atoms with van der Waals surface area (Å²) in [6.45, 7) is 2.05. The van der Waals surface area contributed by atoms with Crippen LogP contribution in [0.3, 0.4) is 0 Å². The zero-order valence-electron chi connectivity index (χ0n) is 8.37. The van der Waals surface area contributed by atoms with Gasteiger partial charge in [0, 0.05) is 3.57 Å². The lowest BCUT2D eigenvalue weighted by Crippen LogP contribution is -2.33. The fraction of sp³-hybridized carbons (Fsp3) is 0.111. The van der Waals surface area contributed by atoms with E-state index in [-0.39, 0.29) is 5.11 Å². The van der Waals surface area contributed by atoms with Crippen LogP contribution in [0.15, 0.2) is 12.1 Å². The molecule has 1 aromatic carbocycles. The minimum atomic E-state index is 0.200. The molecule has 0 aliphatic rings. The molecule has 0 aliphatic carbocycles. The number of thiocarbonyl (C=S) groups is 1. The lowest BCUT2D eigenvalue weighted by atomic mass is 10.2. The van der Waals surface area contributed by atoms with E-state index < -0.39 is 0 Å². The van der Waals surface area contributed by atoms with Gasteiger partial charge in [-0.15, -0.1) is 0 Å². The van der Waals surface area contributed by atoms with Crippen LogP contribution in [-0.2, 0) is 0 Å². The van der Waals surface area contributed by atoms with Crippen LogP contribution in [0.25, 0.3) is 10.2 Å². The number of hydrazine groups is 1. The number of rotatable bonds is 2. The Labute approximate surface area is 116 Å². The molecular formula is C9H9IN4S2. The van der Waals surface area contributed by atoms with Crippen molar-refractivity contribution in [1.29, 1.82) is 0 Å². The predicted molar refractivity (Wildman–Crippen MR) is 80.6 cm³/mol. The minimum Gasteiger partial charge on any atom is -0.375 e. The second kappa shape index (κ2) is 4.68. The van der Waals surface area contributed by atoms with E-state index >= 15 is 0 Å². The third-order valence-electron chi connectivity index (χ3n) is 1.94. The molecule has 4 N–H and O–H groups in total. The molecule has 0 atom stereocenters. The highest BCUT2D eigenvalue weighted by Gasteiger charge is 2.06. The van der Waals surface area contributed by atoms with Crippen molar-refractivity contribution in [2.45, 2.75) is 6.92 Å². The number of aromatic nitrogens is 1. The van der Waals surface area contributed by atoms with Gasteiger partial charge >= 0.3 is 0 Å². The maximum absolute atomic E-state index is 5.32. The molecule has 0 unspecified atom stereocenters. The lowest BCUT2D eigenvalue weighted by molar-refractivity contribution is 1.12. The van der Waals surface area contributed by atoms with Gasteiger partial charge < -0.3 is 5.73 Å². The van der Waals surface area contributed by atoms with Crippen molar-refractivity contribution in [1.82, 2.24) is 10.4 Å². The summed E-state index contributed by atoms with van der Waals surface area (Å²) < 4.78 is 2.36. The van der Waals surface area contributed by atoms with Gasteiger partial charge in [0.25, 0.3) is 0 Å². The van der Waals surface area contributed by atoms with Crippen LogP contribution >= 0.6 is 46.1 Å². The van der Waals surface area contributed by atoms with Crippen LogP contribution in [0, 0.1) is 10.5 Å². The first-order valence-electron chi connectivity index (χ1n) is 4.44. The summed E-state index contributed by atoms with van der Waals surface area (Å²) in [6.07, 6.45) is 0. The van der Waals surface area contributed by atoms with Crippen LogP contribution in [0.5, 0.6) is 0 Å². The SMILES string of the molecule is Cc1cc(I)cc2sc(NNC(N)=S)nc12. The summed E-state index contributed by atoms with van der Waals surface area (Å²) in [4.78, 5) is 4.45. The van der Waals surface area contributed by atoms with Gasteiger partial charge in [-0.2, -0.15) is 0 Å². The molecule has 2 rings (SSSR count). The molecule has 0 bridgehead atoms. The maximum Gasteiger partial charge on any atom is 0.202 e. The Morgan fingerprint density at radius 2 is 2.31 bits per heavy atom. The number of anilines is 1. The van der Waals surface area contributed by atoms with Gasteiger partial charge in [0.05, 0.1) is 10.2 Å². The van der Waals surface area contributed by atoms with E-state index in [9.17, 15) is 0 Å². The minimum absolute atomic E-state index is 0.200. The highest BCUT2D eigenvalue weighted by Crippen LogP contribution is 2.29. The van der Waals surface area contributed by atoms with Gasteiger partial charge in [-0.3, -0.25) is 10.9 Å². The third-order valence-corrected chi connectivity index (χ3v) is 3.59. The first-order valence-corrected chi connectivity index (χ1v) is 6.75. The monoisotopic (exact) mass is 364 g/mol. The molecular weight excluding hydrogens is 355 g/mol. The zero-order chi connectivity index (χ0) is 11.7. The molecule has 16 heavy (non-hydrogen) atoms. The molecule has 1 aromatic heterocycles. The number of halogens is 1. The van der Waals surface area contributed by atoms with E-state index in [0.29, 0.717) is 0 Å². The van der Waals surface area contributed by atoms with Crippen LogP contribution in [0.2, 0.25) is 0 Å². The number of thiazole rings is 1. The van der Waals surface area contributed by atoms with Gasteiger partial charge in [0.15, 0.2) is 5.11 Å². The Kier molecular flexibility index (Phi) is 3.45. The summed E-state index contributed by atoms with van der Waals surface area (Å²) in [5, 5.41) is 0.957. The number of nitrogens with two attached hydrogens (primary N) is 1. The summed E-state index contributed by atoms with van der Waals surface area (Å²) in [5.41, 5.74) is 13.0. The van der Waals surface area contributed by atoms with Gasteiger partial charge in [-0.1, -0.05) is 11.3 Å². The van der Waals surface area contributed by atoms with Crippen molar-refractivity contribution in [3.63, 3.8) is 0 Å². The molecule has 0 fully saturated rings. The predicted octanol–water partition coefficient (Wildman–Crippen LogP) is 2.37. The summed E-state index contributed by atoms with van der Waals surface area (Å²) in [6, 6.07) is 4.21. The van der Waals surface area contributed by atoms with Gasteiger partial charge in [0.1, 0.15) is 0 Å². The van der Waals surface area contributed by atoms with Crippen molar-refractivity contribution in [2.75, 3.05) is 5.43 Å². The number of nitrogens with zero attached hydrogens (tertiary/aromatic N) is 1. The Morgan fingerprint density at radius 3 is 3.00 bits per heavy atom. The Balaban J connectivity index is 2.36. The third kappa shape index (κ3) is 2.53. The van der Waals surface area contributed by atoms with Crippen molar-refractivity contribution in [3.05, 3.63) is 21.3 Å². The number of benzene rings is 1. The summed E-state index contributed by atoms with van der Waals surface area (Å²) in [7, 11) is 0. The van der Waals surface area contributed by atoms with Crippen molar-refractivity contribution in [3.8, 4) is 0 Å². The van der Waals surface area contributed by atoms with Gasteiger partial charge in [0.2, 0.25) is 5.13 Å². The lowest BCUT2D eigenvalue weighted by Gasteiger charge is -2.01. The zero-order valence-corrected chi connectivity index (χ0v) is 12.2. The van der Waals surface area contributed by atoms with E-state index in [1.807, 2.05) is 0 Å². The molecule has 0 saturated heterocycles. The second-order valence-electron chi connectivity index (χ2n) is 3.20. The molecule has 84 valence electrons. The highest BCUT2D eigenvalue weighted by atomic mass is 127. The molecule has 1 heterocycles. The van der Waals surface area contributed by atoms with Crippen molar-refractivity contribution >= 4 is 66.6 Å². The highest BCUT2D eigenvalue weighted by molar-refractivity contribution is 14.1. The number of hydrogen-bond acceptors (Lipinski definition) is 4. The van der Waals surface area contributed by atoms with Crippen LogP contribution in [-0.4, -0.2) is 10.1 Å². The van der Waals surface area contributed by atoms with Crippen LogP contribution in [0.4, 0.5) is 5.13 Å². The Morgan fingerprint density at radius 1 is 1.56 bits per heavy atom. The average Bonchev–Trinajstić information content (AvgIpc) is 2.57. The fourth-order valence-electron chi connectivity index (χ4n) is 1.32. The number of aryl methyl sites for hydroxylation is 1. The molecule has 2 aromatic rings. The molecule has 4 nitrogen and oxygen atoms in total. The first-order chi connectivity index (χ1) is 7.56. The number of hydrogen-bond donors (Lipinski definition) is 3. The fourth-order valence-corrected chi connectivity index (χ4v) is 3.30. The quantitative estimate of drug-likeness (QED) is 0.434. The van der Waals surface area contributed by atoms with Crippen LogP contribution in [0.1, 0.15) is 5.56 Å². The number of nitrogens with one attached hydrogen (secondary N) is 2. The Bertz CT molecular complexity index is 552. The smallest absolute Gasteiger partial charge is 0.202 e. The van der Waals surface area contributed by atoms with Gasteiger partial charge in [-0.05, 0) is 59.4 Å². The molecule has 0 radical (unpaired) electrons. The van der Waals surface area contributed by atoms with Gasteiger partial charge in [-0.25, -0.2) is 4.98 Å². The first kappa shape index (κ1) is 11.8. The molecule has 0 saturated carbocycles. The number of fused-ring (bicyclic) bond motifs is 1. The van der Waals surface area contributed by atoms with Crippen LogP contribution < -0.4 is 16.6 Å². The average molecular weight is 364 g/mol. The molecule has 0 amide bonds. The van der Waals surface area contributed by atoms with E-state index in [0.717, 1.165) is 15.3 Å². The Hall–Kier alpha value is -0.670. The second-order valence-corrected chi connectivity index (χ2v) is 5.92. The van der Waals surface area contributed by atoms with E-state index in [1.165, 1.54) is 9.13 Å². The van der Waals surface area contributed by atoms with Crippen molar-refractivity contribution in [2.24, 2.45) is 5.73 Å². The van der Waals surface area contributed by atoms with Crippen molar-refractivity contribution < 1.29 is 0 Å². The largest absolute Gasteiger partial charge is 0.375 e. The summed E-state index contributed by atoms with van der Waals surface area (Å²) in [5.74, 6) is 0. The van der Waals surface area contributed by atoms with E-state index in [4.69, 9.17) is 18.0 Å². The molecule has 7 heteroatoms. The van der Waals surface area contributed by atoms with E-state index in [2.05, 4.69) is 57.5 Å². The molecule has 0 spiro atoms. The topological polar surface area (TPSA) is 63.0 Å². The summed E-state index contributed by atoms with van der Waals surface area (Å²) >= 11 is 8.56. The van der Waals surface area contributed by atoms with E-state index in [1.54, 1.807) is 11.3 Å². The maximum atomic E-state index is 5.32. The molecule has 0 aliphatic heterocycles.